The molecule has 0 aliphatic heterocycles. The third-order valence-corrected chi connectivity index (χ3v) is 3.58. The molecule has 0 fully saturated rings. The van der Waals surface area contributed by atoms with E-state index in [1.54, 1.807) is 12.1 Å². The van der Waals surface area contributed by atoms with E-state index >= 15 is 0 Å². The van der Waals surface area contributed by atoms with E-state index in [9.17, 15) is 9.18 Å². The van der Waals surface area contributed by atoms with Gasteiger partial charge in [-0.05, 0) is 55.7 Å². The highest BCUT2D eigenvalue weighted by atomic mass is 19.1. The summed E-state index contributed by atoms with van der Waals surface area (Å²) in [6, 6.07) is 12.1. The SMILES string of the molecule is Cc1ccc(C)c(NCC(=O)N[C@H](C)c2ccc(F)cc2)c1. The highest BCUT2D eigenvalue weighted by Gasteiger charge is 2.10. The van der Waals surface area contributed by atoms with Crippen molar-refractivity contribution in [1.82, 2.24) is 5.32 Å². The molecule has 1 amide bonds. The van der Waals surface area contributed by atoms with Crippen LogP contribution in [0.3, 0.4) is 0 Å². The number of aryl methyl sites for hydroxylation is 2. The molecule has 1 atom stereocenters. The van der Waals surface area contributed by atoms with Gasteiger partial charge in [0.25, 0.3) is 0 Å². The average Bonchev–Trinajstić information content (AvgIpc) is 2.49. The first kappa shape index (κ1) is 16.0. The van der Waals surface area contributed by atoms with Crippen LogP contribution in [0.5, 0.6) is 0 Å². The van der Waals surface area contributed by atoms with E-state index in [-0.39, 0.29) is 24.3 Å². The lowest BCUT2D eigenvalue weighted by molar-refractivity contribution is -0.120. The van der Waals surface area contributed by atoms with Crippen LogP contribution in [0.1, 0.15) is 29.7 Å². The molecule has 0 aliphatic carbocycles. The van der Waals surface area contributed by atoms with Crippen molar-refractivity contribution in [3.8, 4) is 0 Å². The Hall–Kier alpha value is -2.36. The van der Waals surface area contributed by atoms with Crippen molar-refractivity contribution in [2.24, 2.45) is 0 Å². The summed E-state index contributed by atoms with van der Waals surface area (Å²) in [6.07, 6.45) is 0. The maximum atomic E-state index is 12.9. The van der Waals surface area contributed by atoms with Gasteiger partial charge in [0.15, 0.2) is 0 Å². The van der Waals surface area contributed by atoms with Crippen LogP contribution in [-0.4, -0.2) is 12.5 Å². The quantitative estimate of drug-likeness (QED) is 0.883. The highest BCUT2D eigenvalue weighted by Crippen LogP contribution is 2.16. The lowest BCUT2D eigenvalue weighted by atomic mass is 10.1. The lowest BCUT2D eigenvalue weighted by Gasteiger charge is -2.16. The fourth-order valence-corrected chi connectivity index (χ4v) is 2.23. The predicted molar refractivity (Wildman–Crippen MR) is 87.4 cm³/mol. The Morgan fingerprint density at radius 1 is 1.14 bits per heavy atom. The van der Waals surface area contributed by atoms with Crippen molar-refractivity contribution in [1.29, 1.82) is 0 Å². The van der Waals surface area contributed by atoms with Crippen molar-refractivity contribution < 1.29 is 9.18 Å². The zero-order valence-electron chi connectivity index (χ0n) is 13.1. The van der Waals surface area contributed by atoms with Crippen molar-refractivity contribution in [3.05, 3.63) is 65.0 Å². The molecule has 116 valence electrons. The molecule has 22 heavy (non-hydrogen) atoms. The molecule has 0 unspecified atom stereocenters. The molecule has 2 rings (SSSR count). The second-order valence-electron chi connectivity index (χ2n) is 5.51. The standard InChI is InChI=1S/C18H21FN2O/c1-12-4-5-13(2)17(10-12)20-11-18(22)21-14(3)15-6-8-16(19)9-7-15/h4-10,14,20H,11H2,1-3H3,(H,21,22)/t14-/m1/s1. The molecule has 0 saturated carbocycles. The zero-order valence-corrected chi connectivity index (χ0v) is 13.1. The number of anilines is 1. The predicted octanol–water partition coefficient (Wildman–Crippen LogP) is 3.73. The summed E-state index contributed by atoms with van der Waals surface area (Å²) < 4.78 is 12.9. The number of carbonyl (C=O) groups is 1. The Morgan fingerprint density at radius 2 is 1.82 bits per heavy atom. The fraction of sp³-hybridized carbons (Fsp3) is 0.278. The molecule has 0 spiro atoms. The second-order valence-corrected chi connectivity index (χ2v) is 5.51. The summed E-state index contributed by atoms with van der Waals surface area (Å²) in [5.74, 6) is -0.378. The molecular formula is C18H21FN2O. The van der Waals surface area contributed by atoms with Crippen LogP contribution in [0.4, 0.5) is 10.1 Å². The van der Waals surface area contributed by atoms with E-state index in [1.807, 2.05) is 39.0 Å². The van der Waals surface area contributed by atoms with Crippen LogP contribution in [0, 0.1) is 19.7 Å². The first-order valence-electron chi connectivity index (χ1n) is 7.31. The minimum absolute atomic E-state index is 0.0993. The normalized spacial score (nSPS) is 11.8. The van der Waals surface area contributed by atoms with Crippen LogP contribution in [0.2, 0.25) is 0 Å². The number of halogens is 1. The Bertz CT molecular complexity index is 653. The van der Waals surface area contributed by atoms with Gasteiger partial charge < -0.3 is 10.6 Å². The largest absolute Gasteiger partial charge is 0.376 e. The summed E-state index contributed by atoms with van der Waals surface area (Å²) in [7, 11) is 0. The molecule has 0 saturated heterocycles. The first-order chi connectivity index (χ1) is 10.5. The van der Waals surface area contributed by atoms with E-state index in [0.717, 1.165) is 22.4 Å². The second kappa shape index (κ2) is 7.07. The minimum atomic E-state index is -0.279. The number of carbonyl (C=O) groups excluding carboxylic acids is 1. The molecule has 0 aliphatic rings. The van der Waals surface area contributed by atoms with E-state index in [4.69, 9.17) is 0 Å². The van der Waals surface area contributed by atoms with E-state index < -0.39 is 0 Å². The molecule has 0 radical (unpaired) electrons. The number of amides is 1. The molecular weight excluding hydrogens is 279 g/mol. The van der Waals surface area contributed by atoms with Crippen molar-refractivity contribution in [2.75, 3.05) is 11.9 Å². The average molecular weight is 300 g/mol. The van der Waals surface area contributed by atoms with Crippen LogP contribution >= 0.6 is 0 Å². The molecule has 3 nitrogen and oxygen atoms in total. The van der Waals surface area contributed by atoms with Gasteiger partial charge >= 0.3 is 0 Å². The molecule has 0 bridgehead atoms. The summed E-state index contributed by atoms with van der Waals surface area (Å²) in [5.41, 5.74) is 4.09. The molecule has 4 heteroatoms. The summed E-state index contributed by atoms with van der Waals surface area (Å²) >= 11 is 0. The third kappa shape index (κ3) is 4.32. The van der Waals surface area contributed by atoms with Crippen LogP contribution < -0.4 is 10.6 Å². The van der Waals surface area contributed by atoms with Gasteiger partial charge in [0.1, 0.15) is 5.82 Å². The zero-order chi connectivity index (χ0) is 16.1. The number of rotatable bonds is 5. The third-order valence-electron chi connectivity index (χ3n) is 3.58. The Morgan fingerprint density at radius 3 is 2.50 bits per heavy atom. The topological polar surface area (TPSA) is 41.1 Å². The van der Waals surface area contributed by atoms with Crippen molar-refractivity contribution >= 4 is 11.6 Å². The Kier molecular flexibility index (Phi) is 5.15. The molecule has 0 heterocycles. The molecule has 2 aromatic rings. The maximum Gasteiger partial charge on any atom is 0.239 e. The number of benzene rings is 2. The van der Waals surface area contributed by atoms with Crippen molar-refractivity contribution in [3.63, 3.8) is 0 Å². The van der Waals surface area contributed by atoms with Gasteiger partial charge in [-0.1, -0.05) is 24.3 Å². The lowest BCUT2D eigenvalue weighted by Crippen LogP contribution is -2.32. The summed E-state index contributed by atoms with van der Waals surface area (Å²) in [4.78, 5) is 12.0. The Labute approximate surface area is 130 Å². The van der Waals surface area contributed by atoms with Gasteiger partial charge in [-0.3, -0.25) is 4.79 Å². The van der Waals surface area contributed by atoms with Gasteiger partial charge in [-0.15, -0.1) is 0 Å². The van der Waals surface area contributed by atoms with Crippen LogP contribution in [0.15, 0.2) is 42.5 Å². The van der Waals surface area contributed by atoms with Gasteiger partial charge in [0.05, 0.1) is 12.6 Å². The van der Waals surface area contributed by atoms with Crippen molar-refractivity contribution in [2.45, 2.75) is 26.8 Å². The van der Waals surface area contributed by atoms with Crippen LogP contribution in [0.25, 0.3) is 0 Å². The van der Waals surface area contributed by atoms with Gasteiger partial charge in [-0.2, -0.15) is 0 Å². The fourth-order valence-electron chi connectivity index (χ4n) is 2.23. The number of hydrogen-bond donors (Lipinski definition) is 2. The van der Waals surface area contributed by atoms with Gasteiger partial charge in [0, 0.05) is 5.69 Å². The minimum Gasteiger partial charge on any atom is -0.376 e. The number of nitrogens with one attached hydrogen (secondary N) is 2. The smallest absolute Gasteiger partial charge is 0.239 e. The monoisotopic (exact) mass is 300 g/mol. The van der Waals surface area contributed by atoms with Gasteiger partial charge in [0.2, 0.25) is 5.91 Å². The molecule has 2 aromatic carbocycles. The first-order valence-corrected chi connectivity index (χ1v) is 7.31. The van der Waals surface area contributed by atoms with E-state index in [0.29, 0.717) is 0 Å². The highest BCUT2D eigenvalue weighted by molar-refractivity contribution is 5.81. The van der Waals surface area contributed by atoms with E-state index in [1.165, 1.54) is 12.1 Å². The molecule has 2 N–H and O–H groups in total. The summed E-state index contributed by atoms with van der Waals surface area (Å²) in [5, 5.41) is 6.04. The maximum absolute atomic E-state index is 12.9. The molecule has 0 aromatic heterocycles. The van der Waals surface area contributed by atoms with Gasteiger partial charge in [-0.25, -0.2) is 4.39 Å². The summed E-state index contributed by atoms with van der Waals surface area (Å²) in [6.45, 7) is 6.10. The van der Waals surface area contributed by atoms with Crippen LogP contribution in [-0.2, 0) is 4.79 Å². The van der Waals surface area contributed by atoms with E-state index in [2.05, 4.69) is 10.6 Å². The number of hydrogen-bond acceptors (Lipinski definition) is 2. The Balaban J connectivity index is 1.90.